The second-order valence-corrected chi connectivity index (χ2v) is 22.3. The van der Waals surface area contributed by atoms with Crippen LogP contribution in [-0.4, -0.2) is 102 Å². The molecule has 0 bridgehead atoms. The van der Waals surface area contributed by atoms with Crippen LogP contribution in [0.3, 0.4) is 0 Å². The number of ketones is 1. The first-order valence-corrected chi connectivity index (χ1v) is 28.1. The van der Waals surface area contributed by atoms with Crippen molar-refractivity contribution in [1.29, 1.82) is 0 Å². The smallest absolute Gasteiger partial charge is 0.343 e. The fourth-order valence-corrected chi connectivity index (χ4v) is 10.7. The number of amides is 3. The Hall–Kier alpha value is -5.23. The number of halogens is 1. The summed E-state index contributed by atoms with van der Waals surface area (Å²) in [5.74, 6) is -2.23. The van der Waals surface area contributed by atoms with E-state index in [9.17, 15) is 46.5 Å². The van der Waals surface area contributed by atoms with Crippen LogP contribution in [0, 0.1) is 0 Å². The SMILES string of the molecule is CCN(CC)c1ccc2c(-c3ccccc3C(=O)N3CCCC3C(=O)NC(CS(=O)(=O)O)C(=O)CCCCCCC(=O)NCc3ccc(C(Br)P(=O)(O)O)cc3)c3ccc(=[N+](CC)CC)cc-3oc2c1. The van der Waals surface area contributed by atoms with Crippen molar-refractivity contribution >= 4 is 73.8 Å². The van der Waals surface area contributed by atoms with Crippen LogP contribution in [-0.2, 0) is 35.6 Å². The molecule has 3 atom stereocenters. The van der Waals surface area contributed by atoms with Crippen molar-refractivity contribution in [2.24, 2.45) is 0 Å². The van der Waals surface area contributed by atoms with Gasteiger partial charge >= 0.3 is 7.60 Å². The number of rotatable bonds is 23. The maximum absolute atomic E-state index is 14.8. The summed E-state index contributed by atoms with van der Waals surface area (Å²) in [4.78, 5) is 77.3. The summed E-state index contributed by atoms with van der Waals surface area (Å²) >= 11 is 3.01. The number of nitrogens with zero attached hydrogens (tertiary/aromatic N) is 3. The molecule has 5 N–H and O–H groups in total. The summed E-state index contributed by atoms with van der Waals surface area (Å²) < 4.78 is 53.4. The average Bonchev–Trinajstić information content (AvgIpc) is 3.84. The van der Waals surface area contributed by atoms with Gasteiger partial charge in [0.15, 0.2) is 5.78 Å². The van der Waals surface area contributed by atoms with Gasteiger partial charge < -0.3 is 34.6 Å². The molecule has 19 heteroatoms. The zero-order valence-corrected chi connectivity index (χ0v) is 43.4. The first kappa shape index (κ1) is 54.1. The molecular formula is C51H64BrN5O11PS+. The van der Waals surface area contributed by atoms with Crippen LogP contribution >= 0.6 is 23.5 Å². The number of carbonyl (C=O) groups excluding carboxylic acids is 4. The largest absolute Gasteiger partial charge is 0.456 e. The topological polar surface area (TPSA) is 227 Å². The molecular weight excluding hydrogens is 1000 g/mol. The van der Waals surface area contributed by atoms with E-state index in [4.69, 9.17) is 4.42 Å². The van der Waals surface area contributed by atoms with Gasteiger partial charge in [0.1, 0.15) is 46.8 Å². The predicted octanol–water partition coefficient (Wildman–Crippen LogP) is 7.64. The van der Waals surface area contributed by atoms with E-state index in [2.05, 4.69) is 75.9 Å². The highest BCUT2D eigenvalue weighted by Crippen LogP contribution is 2.55. The van der Waals surface area contributed by atoms with Gasteiger partial charge in [-0.15, -0.1) is 0 Å². The van der Waals surface area contributed by atoms with E-state index in [0.29, 0.717) is 60.1 Å². The Kier molecular flexibility index (Phi) is 18.8. The standard InChI is InChI=1S/C51H63BrN5O11PS/c1-5-55(6-2)36-25-27-40-45(30-36)68-46-31-37(56(7-3)8-4)26-28-41(46)48(40)38-16-13-14-17-39(38)51(61)57-29-15-18-43(57)50(60)54-42(33-70(65,66)67)44(58)19-11-9-10-12-20-47(59)53-32-34-21-23-35(24-22-34)49(52)69(62,63)64/h13-14,16-17,21-28,30-31,42-43,49H,5-12,15,18-20,29,32-33H2,1-4H3,(H4-,53,54,59,60,62,63,64,65,66,67)/p+1. The monoisotopic (exact) mass is 1060 g/mol. The van der Waals surface area contributed by atoms with Crippen molar-refractivity contribution in [2.45, 2.75) is 102 Å². The number of unbranched alkanes of at least 4 members (excludes halogenated alkanes) is 3. The number of fused-ring (bicyclic) bond motifs is 2. The van der Waals surface area contributed by atoms with Crippen LogP contribution in [0.5, 0.6) is 0 Å². The highest BCUT2D eigenvalue weighted by molar-refractivity contribution is 9.10. The Bertz CT molecular complexity index is 2880. The third-order valence-corrected chi connectivity index (χ3v) is 16.7. The summed E-state index contributed by atoms with van der Waals surface area (Å²) in [6.07, 6.45) is 2.92. The number of anilines is 1. The molecule has 3 aromatic carbocycles. The van der Waals surface area contributed by atoms with E-state index in [0.717, 1.165) is 59.3 Å². The predicted molar refractivity (Wildman–Crippen MR) is 275 cm³/mol. The second-order valence-electron chi connectivity index (χ2n) is 17.5. The van der Waals surface area contributed by atoms with Gasteiger partial charge in [-0.3, -0.25) is 28.3 Å². The van der Waals surface area contributed by atoms with Gasteiger partial charge in [0, 0.05) is 78.9 Å². The number of nitrogens with one attached hydrogen (secondary N) is 2. The molecule has 376 valence electrons. The summed E-state index contributed by atoms with van der Waals surface area (Å²) in [5, 5.41) is 7.19. The minimum atomic E-state index is -4.70. The number of hydrogen-bond donors (Lipinski definition) is 5. The number of hydrogen-bond acceptors (Lipinski definition) is 9. The summed E-state index contributed by atoms with van der Waals surface area (Å²) in [6.45, 7) is 12.1. The zero-order valence-electron chi connectivity index (χ0n) is 40.1. The quantitative estimate of drug-likeness (QED) is 0.0106. The lowest BCUT2D eigenvalue weighted by Gasteiger charge is -2.27. The zero-order chi connectivity index (χ0) is 50.8. The molecule has 6 rings (SSSR count). The summed E-state index contributed by atoms with van der Waals surface area (Å²) in [6, 6.07) is 23.4. The fourth-order valence-electron chi connectivity index (χ4n) is 9.14. The van der Waals surface area contributed by atoms with E-state index in [-0.39, 0.29) is 38.3 Å². The van der Waals surface area contributed by atoms with Crippen LogP contribution in [0.25, 0.3) is 33.4 Å². The van der Waals surface area contributed by atoms with E-state index in [1.807, 2.05) is 36.4 Å². The molecule has 16 nitrogen and oxygen atoms in total. The maximum Gasteiger partial charge on any atom is 0.343 e. The molecule has 2 heterocycles. The van der Waals surface area contributed by atoms with E-state index < -0.39 is 57.7 Å². The van der Waals surface area contributed by atoms with Crippen molar-refractivity contribution in [3.63, 3.8) is 0 Å². The molecule has 0 radical (unpaired) electrons. The number of alkyl halides is 1. The molecule has 0 saturated carbocycles. The number of benzene rings is 4. The van der Waals surface area contributed by atoms with Crippen LogP contribution < -0.4 is 25.5 Å². The fraction of sp³-hybridized carbons (Fsp3) is 0.431. The second kappa shape index (κ2) is 24.3. The molecule has 3 amide bonds. The molecule has 1 fully saturated rings. The van der Waals surface area contributed by atoms with Crippen molar-refractivity contribution in [1.82, 2.24) is 20.1 Å². The van der Waals surface area contributed by atoms with Crippen LogP contribution in [0.2, 0.25) is 0 Å². The number of carbonyl (C=O) groups is 4. The van der Waals surface area contributed by atoms with E-state index in [1.54, 1.807) is 36.4 Å². The third kappa shape index (κ3) is 13.6. The van der Waals surface area contributed by atoms with Crippen LogP contribution in [0.4, 0.5) is 5.69 Å². The van der Waals surface area contributed by atoms with Crippen LogP contribution in [0.15, 0.2) is 89.3 Å². The van der Waals surface area contributed by atoms with Gasteiger partial charge in [0.05, 0.1) is 6.07 Å². The van der Waals surface area contributed by atoms with Gasteiger partial charge in [-0.1, -0.05) is 71.2 Å². The van der Waals surface area contributed by atoms with Crippen molar-refractivity contribution in [2.75, 3.05) is 43.4 Å². The lowest BCUT2D eigenvalue weighted by Crippen LogP contribution is -2.52. The summed E-state index contributed by atoms with van der Waals surface area (Å²) in [7, 11) is -9.05. The maximum atomic E-state index is 14.8. The van der Waals surface area contributed by atoms with E-state index in [1.165, 1.54) is 4.90 Å². The third-order valence-electron chi connectivity index (χ3n) is 12.9. The van der Waals surface area contributed by atoms with Crippen molar-refractivity contribution < 1.29 is 50.9 Å². The Morgan fingerprint density at radius 1 is 0.886 bits per heavy atom. The molecule has 70 heavy (non-hydrogen) atoms. The molecule has 3 unspecified atom stereocenters. The molecule has 1 aliphatic carbocycles. The Morgan fingerprint density at radius 2 is 1.57 bits per heavy atom. The van der Waals surface area contributed by atoms with E-state index >= 15 is 0 Å². The first-order chi connectivity index (χ1) is 33.4. The highest BCUT2D eigenvalue weighted by atomic mass is 79.9. The molecule has 0 spiro atoms. The summed E-state index contributed by atoms with van der Waals surface area (Å²) in [5.41, 5.74) is 5.44. The van der Waals surface area contributed by atoms with Gasteiger partial charge in [0.25, 0.3) is 16.0 Å². The average molecular weight is 1070 g/mol. The van der Waals surface area contributed by atoms with Crippen molar-refractivity contribution in [3.8, 4) is 22.5 Å². The van der Waals surface area contributed by atoms with Gasteiger partial charge in [-0.2, -0.15) is 8.42 Å². The molecule has 3 aromatic rings. The van der Waals surface area contributed by atoms with Gasteiger partial charge in [0.2, 0.25) is 17.2 Å². The Morgan fingerprint density at radius 3 is 2.23 bits per heavy atom. The molecule has 2 aliphatic heterocycles. The molecule has 1 saturated heterocycles. The molecule has 0 aromatic heterocycles. The Labute approximate surface area is 417 Å². The first-order valence-electron chi connectivity index (χ1n) is 23.9. The van der Waals surface area contributed by atoms with Crippen molar-refractivity contribution in [3.05, 3.63) is 107 Å². The molecule has 3 aliphatic rings. The minimum Gasteiger partial charge on any atom is -0.456 e. The van der Waals surface area contributed by atoms with Crippen LogP contribution in [0.1, 0.15) is 105 Å². The minimum absolute atomic E-state index is 0.0846. The number of likely N-dealkylation sites (tertiary alicyclic amines) is 1. The van der Waals surface area contributed by atoms with Gasteiger partial charge in [-0.25, -0.2) is 4.58 Å². The van der Waals surface area contributed by atoms with Gasteiger partial charge in [-0.05, 0) is 94.3 Å². The number of Topliss-reactive ketones (excluding diaryl/α,β-unsaturated/α-hetero) is 1. The highest BCUT2D eigenvalue weighted by Gasteiger charge is 2.38. The lowest BCUT2D eigenvalue weighted by molar-refractivity contribution is -0.129. The lowest BCUT2D eigenvalue weighted by atomic mass is 9.90. The normalized spacial score (nSPS) is 14.9. The Balaban J connectivity index is 1.13.